The molecule has 76 valence electrons. The number of rotatable bonds is 3. The van der Waals surface area contributed by atoms with Gasteiger partial charge in [-0.05, 0) is 40.0 Å². The quantitative estimate of drug-likeness (QED) is 0.626. The maximum absolute atomic E-state index is 10.9. The van der Waals surface area contributed by atoms with Crippen molar-refractivity contribution in [3.63, 3.8) is 0 Å². The SMILES string of the molecule is CNC1(CC(N)=O)CCN(C)CC1. The van der Waals surface area contributed by atoms with Crippen molar-refractivity contribution in [1.82, 2.24) is 10.2 Å². The van der Waals surface area contributed by atoms with Crippen molar-refractivity contribution in [3.8, 4) is 0 Å². The third kappa shape index (κ3) is 2.67. The Balaban J connectivity index is 2.55. The second kappa shape index (κ2) is 4.07. The van der Waals surface area contributed by atoms with Crippen LogP contribution in [0.2, 0.25) is 0 Å². The summed E-state index contributed by atoms with van der Waals surface area (Å²) in [5, 5.41) is 3.24. The minimum absolute atomic E-state index is 0.0433. The molecule has 0 unspecified atom stereocenters. The molecule has 0 aromatic heterocycles. The first-order valence-corrected chi connectivity index (χ1v) is 4.74. The Morgan fingerprint density at radius 2 is 2.08 bits per heavy atom. The summed E-state index contributed by atoms with van der Waals surface area (Å²) in [6, 6.07) is 0. The van der Waals surface area contributed by atoms with E-state index in [1.165, 1.54) is 0 Å². The van der Waals surface area contributed by atoms with Crippen LogP contribution in [-0.2, 0) is 4.79 Å². The van der Waals surface area contributed by atoms with Gasteiger partial charge < -0.3 is 16.0 Å². The molecule has 1 aliphatic heterocycles. The maximum atomic E-state index is 10.9. The fourth-order valence-corrected chi connectivity index (χ4v) is 1.90. The van der Waals surface area contributed by atoms with Gasteiger partial charge in [-0.2, -0.15) is 0 Å². The van der Waals surface area contributed by atoms with E-state index >= 15 is 0 Å². The van der Waals surface area contributed by atoms with Gasteiger partial charge in [0.15, 0.2) is 0 Å². The van der Waals surface area contributed by atoms with Gasteiger partial charge in [-0.15, -0.1) is 0 Å². The van der Waals surface area contributed by atoms with Crippen LogP contribution in [0, 0.1) is 0 Å². The van der Waals surface area contributed by atoms with Crippen molar-refractivity contribution in [2.75, 3.05) is 27.2 Å². The van der Waals surface area contributed by atoms with Gasteiger partial charge >= 0.3 is 0 Å². The molecule has 0 aromatic rings. The number of amides is 1. The Morgan fingerprint density at radius 1 is 1.54 bits per heavy atom. The van der Waals surface area contributed by atoms with E-state index in [1.54, 1.807) is 0 Å². The molecule has 0 atom stereocenters. The highest BCUT2D eigenvalue weighted by Crippen LogP contribution is 2.24. The van der Waals surface area contributed by atoms with Crippen molar-refractivity contribution in [3.05, 3.63) is 0 Å². The van der Waals surface area contributed by atoms with Gasteiger partial charge in [-0.3, -0.25) is 4.79 Å². The summed E-state index contributed by atoms with van der Waals surface area (Å²) in [6.45, 7) is 2.07. The number of piperidine rings is 1. The number of likely N-dealkylation sites (tertiary alicyclic amines) is 1. The first-order valence-electron chi connectivity index (χ1n) is 4.74. The molecule has 0 saturated carbocycles. The van der Waals surface area contributed by atoms with E-state index in [4.69, 9.17) is 5.73 Å². The molecule has 1 fully saturated rings. The number of nitrogens with two attached hydrogens (primary N) is 1. The first-order chi connectivity index (χ1) is 6.08. The third-order valence-electron chi connectivity index (χ3n) is 2.99. The van der Waals surface area contributed by atoms with Crippen LogP contribution in [0.1, 0.15) is 19.3 Å². The molecular weight excluding hydrogens is 166 g/mol. The Morgan fingerprint density at radius 3 is 2.46 bits per heavy atom. The summed E-state index contributed by atoms with van der Waals surface area (Å²) in [5.74, 6) is -0.209. The number of hydrogen-bond acceptors (Lipinski definition) is 3. The molecular formula is C9H19N3O. The van der Waals surface area contributed by atoms with E-state index in [0.29, 0.717) is 6.42 Å². The lowest BCUT2D eigenvalue weighted by molar-refractivity contribution is -0.119. The molecule has 1 rings (SSSR count). The summed E-state index contributed by atoms with van der Waals surface area (Å²) >= 11 is 0. The van der Waals surface area contributed by atoms with Crippen molar-refractivity contribution in [2.24, 2.45) is 5.73 Å². The molecule has 3 N–H and O–H groups in total. The zero-order valence-electron chi connectivity index (χ0n) is 8.47. The molecule has 13 heavy (non-hydrogen) atoms. The van der Waals surface area contributed by atoms with E-state index < -0.39 is 0 Å². The number of primary amides is 1. The van der Waals surface area contributed by atoms with Crippen LogP contribution in [0.15, 0.2) is 0 Å². The lowest BCUT2D eigenvalue weighted by Crippen LogP contribution is -2.53. The van der Waals surface area contributed by atoms with Gasteiger partial charge in [-0.1, -0.05) is 0 Å². The lowest BCUT2D eigenvalue weighted by Gasteiger charge is -2.39. The van der Waals surface area contributed by atoms with Gasteiger partial charge in [0.2, 0.25) is 5.91 Å². The molecule has 4 nitrogen and oxygen atoms in total. The predicted octanol–water partition coefficient (Wildman–Crippen LogP) is -0.454. The van der Waals surface area contributed by atoms with Crippen LogP contribution < -0.4 is 11.1 Å². The second-order valence-corrected chi connectivity index (χ2v) is 3.98. The van der Waals surface area contributed by atoms with Crippen LogP contribution in [0.3, 0.4) is 0 Å². The van der Waals surface area contributed by atoms with Crippen molar-refractivity contribution < 1.29 is 4.79 Å². The van der Waals surface area contributed by atoms with Crippen LogP contribution in [0.4, 0.5) is 0 Å². The molecule has 0 aromatic carbocycles. The van der Waals surface area contributed by atoms with E-state index in [0.717, 1.165) is 25.9 Å². The number of carbonyl (C=O) groups excluding carboxylic acids is 1. The molecule has 4 heteroatoms. The second-order valence-electron chi connectivity index (χ2n) is 3.98. The molecule has 1 amide bonds. The fraction of sp³-hybridized carbons (Fsp3) is 0.889. The largest absolute Gasteiger partial charge is 0.370 e. The third-order valence-corrected chi connectivity index (χ3v) is 2.99. The van der Waals surface area contributed by atoms with Gasteiger partial charge in [0.25, 0.3) is 0 Å². The number of nitrogens with one attached hydrogen (secondary N) is 1. The predicted molar refractivity (Wildman–Crippen MR) is 52.3 cm³/mol. The summed E-state index contributed by atoms with van der Waals surface area (Å²) in [6.07, 6.45) is 2.46. The highest BCUT2D eigenvalue weighted by molar-refractivity contribution is 5.75. The lowest BCUT2D eigenvalue weighted by atomic mass is 9.84. The summed E-state index contributed by atoms with van der Waals surface area (Å²) < 4.78 is 0. The molecule has 1 heterocycles. The molecule has 0 radical (unpaired) electrons. The van der Waals surface area contributed by atoms with Gasteiger partial charge in [-0.25, -0.2) is 0 Å². The summed E-state index contributed by atoms with van der Waals surface area (Å²) in [7, 11) is 4.01. The Hall–Kier alpha value is -0.610. The van der Waals surface area contributed by atoms with E-state index in [-0.39, 0.29) is 11.4 Å². The zero-order valence-corrected chi connectivity index (χ0v) is 8.47. The Kier molecular flexibility index (Phi) is 3.27. The zero-order chi connectivity index (χ0) is 9.90. The van der Waals surface area contributed by atoms with Crippen LogP contribution >= 0.6 is 0 Å². The number of hydrogen-bond donors (Lipinski definition) is 2. The van der Waals surface area contributed by atoms with E-state index in [9.17, 15) is 4.79 Å². The van der Waals surface area contributed by atoms with Crippen molar-refractivity contribution in [1.29, 1.82) is 0 Å². The van der Waals surface area contributed by atoms with Crippen molar-refractivity contribution >= 4 is 5.91 Å². The van der Waals surface area contributed by atoms with Gasteiger partial charge in [0.1, 0.15) is 0 Å². The molecule has 0 aliphatic carbocycles. The highest BCUT2D eigenvalue weighted by atomic mass is 16.1. The van der Waals surface area contributed by atoms with Gasteiger partial charge in [0, 0.05) is 12.0 Å². The average molecular weight is 185 g/mol. The minimum atomic E-state index is -0.209. The molecule has 0 spiro atoms. The van der Waals surface area contributed by atoms with Crippen LogP contribution in [0.5, 0.6) is 0 Å². The first kappa shape index (κ1) is 10.5. The summed E-state index contributed by atoms with van der Waals surface area (Å²) in [4.78, 5) is 13.2. The monoisotopic (exact) mass is 185 g/mol. The molecule has 0 bridgehead atoms. The van der Waals surface area contributed by atoms with Crippen LogP contribution in [-0.4, -0.2) is 43.5 Å². The summed E-state index contributed by atoms with van der Waals surface area (Å²) in [5.41, 5.74) is 5.18. The smallest absolute Gasteiger partial charge is 0.219 e. The number of carbonyl (C=O) groups is 1. The Bertz CT molecular complexity index is 185. The average Bonchev–Trinajstić information content (AvgIpc) is 2.09. The van der Waals surface area contributed by atoms with E-state index in [1.807, 2.05) is 7.05 Å². The van der Waals surface area contributed by atoms with Crippen LogP contribution in [0.25, 0.3) is 0 Å². The minimum Gasteiger partial charge on any atom is -0.370 e. The van der Waals surface area contributed by atoms with E-state index in [2.05, 4.69) is 17.3 Å². The Labute approximate surface area is 79.5 Å². The highest BCUT2D eigenvalue weighted by Gasteiger charge is 2.33. The topological polar surface area (TPSA) is 58.4 Å². The molecule has 1 saturated heterocycles. The molecule has 1 aliphatic rings. The standard InChI is InChI=1S/C9H19N3O/c1-11-9(7-8(10)13)3-5-12(2)6-4-9/h11H,3-7H2,1-2H3,(H2,10,13). The van der Waals surface area contributed by atoms with Gasteiger partial charge in [0.05, 0.1) is 0 Å². The maximum Gasteiger partial charge on any atom is 0.219 e. The number of nitrogens with zero attached hydrogens (tertiary/aromatic N) is 1. The normalized spacial score (nSPS) is 22.9. The fourth-order valence-electron chi connectivity index (χ4n) is 1.90. The van der Waals surface area contributed by atoms with Crippen molar-refractivity contribution in [2.45, 2.75) is 24.8 Å².